The summed E-state index contributed by atoms with van der Waals surface area (Å²) in [6, 6.07) is 7.80. The van der Waals surface area contributed by atoms with Crippen LogP contribution in [-0.4, -0.2) is 5.96 Å². The van der Waals surface area contributed by atoms with Gasteiger partial charge in [-0.3, -0.25) is 5.73 Å². The number of nitrogens with zero attached hydrogens (tertiary/aromatic N) is 1. The zero-order valence-electron chi connectivity index (χ0n) is 9.77. The van der Waals surface area contributed by atoms with Gasteiger partial charge in [0, 0.05) is 11.8 Å². The molecule has 88 valence electrons. The van der Waals surface area contributed by atoms with Gasteiger partial charge in [0.05, 0.1) is 0 Å². The Morgan fingerprint density at radius 3 is 2.76 bits per heavy atom. The summed E-state index contributed by atoms with van der Waals surface area (Å²) in [7, 11) is 0. The molecule has 1 aromatic carbocycles. The van der Waals surface area contributed by atoms with Crippen molar-refractivity contribution in [1.29, 1.82) is 0 Å². The average Bonchev–Trinajstić information content (AvgIpc) is 2.28. The predicted molar refractivity (Wildman–Crippen MR) is 70.9 cm³/mol. The topological polar surface area (TPSA) is 76.4 Å². The van der Waals surface area contributed by atoms with E-state index in [9.17, 15) is 0 Å². The summed E-state index contributed by atoms with van der Waals surface area (Å²) in [6.45, 7) is 5.90. The molecule has 1 aliphatic rings. The van der Waals surface area contributed by atoms with Gasteiger partial charge in [0.15, 0.2) is 11.6 Å². The van der Waals surface area contributed by atoms with Crippen LogP contribution in [0.2, 0.25) is 0 Å². The molecule has 0 aliphatic carbocycles. The second-order valence-electron chi connectivity index (χ2n) is 4.13. The summed E-state index contributed by atoms with van der Waals surface area (Å²) < 4.78 is 0. The third-order valence-corrected chi connectivity index (χ3v) is 2.69. The Labute approximate surface area is 101 Å². The van der Waals surface area contributed by atoms with Crippen molar-refractivity contribution in [2.24, 2.45) is 16.5 Å². The molecule has 0 aromatic heterocycles. The zero-order chi connectivity index (χ0) is 12.5. The van der Waals surface area contributed by atoms with E-state index in [2.05, 4.69) is 16.9 Å². The lowest BCUT2D eigenvalue weighted by Gasteiger charge is -2.27. The first kappa shape index (κ1) is 11.4. The third-order valence-electron chi connectivity index (χ3n) is 2.69. The van der Waals surface area contributed by atoms with Crippen LogP contribution in [0, 0.1) is 0 Å². The number of hydrogen-bond acceptors (Lipinski definition) is 4. The first-order chi connectivity index (χ1) is 8.03. The van der Waals surface area contributed by atoms with Gasteiger partial charge in [0.1, 0.15) is 0 Å². The number of benzene rings is 1. The number of nitrogens with one attached hydrogen (secondary N) is 1. The predicted octanol–water partition coefficient (Wildman–Crippen LogP) is 1.26. The highest BCUT2D eigenvalue weighted by Crippen LogP contribution is 2.29. The normalized spacial score (nSPS) is 22.8. The van der Waals surface area contributed by atoms with E-state index in [1.807, 2.05) is 31.2 Å². The second kappa shape index (κ2) is 4.07. The summed E-state index contributed by atoms with van der Waals surface area (Å²) in [5.74, 6) is 0.312. The fourth-order valence-electron chi connectivity index (χ4n) is 1.88. The summed E-state index contributed by atoms with van der Waals surface area (Å²) in [6.07, 6.45) is 3.49. The Balaban J connectivity index is 2.57. The maximum absolute atomic E-state index is 6.27. The second-order valence-corrected chi connectivity index (χ2v) is 4.13. The maximum Gasteiger partial charge on any atom is 0.195 e. The minimum Gasteiger partial charge on any atom is -0.370 e. The average molecular weight is 228 g/mol. The van der Waals surface area contributed by atoms with Crippen LogP contribution in [0.4, 0.5) is 0 Å². The van der Waals surface area contributed by atoms with Gasteiger partial charge in [-0.05, 0) is 18.6 Å². The molecule has 1 aliphatic heterocycles. The van der Waals surface area contributed by atoms with Crippen LogP contribution in [0.15, 0.2) is 48.1 Å². The van der Waals surface area contributed by atoms with Crippen molar-refractivity contribution < 1.29 is 0 Å². The highest BCUT2D eigenvalue weighted by molar-refractivity contribution is 5.81. The molecular formula is C13H16N4. The van der Waals surface area contributed by atoms with E-state index in [1.54, 1.807) is 12.3 Å². The van der Waals surface area contributed by atoms with Crippen molar-refractivity contribution in [3.05, 3.63) is 54.2 Å². The van der Waals surface area contributed by atoms with Gasteiger partial charge in [-0.25, -0.2) is 4.99 Å². The summed E-state index contributed by atoms with van der Waals surface area (Å²) >= 11 is 0. The molecule has 0 radical (unpaired) electrons. The number of aliphatic imine (C=N–C) groups is 1. The Morgan fingerprint density at radius 2 is 2.12 bits per heavy atom. The van der Waals surface area contributed by atoms with Crippen molar-refractivity contribution >= 4 is 11.5 Å². The molecular weight excluding hydrogens is 212 g/mol. The first-order valence-electron chi connectivity index (χ1n) is 5.37. The van der Waals surface area contributed by atoms with E-state index in [4.69, 9.17) is 11.5 Å². The molecule has 4 heteroatoms. The van der Waals surface area contributed by atoms with Crippen molar-refractivity contribution in [2.75, 3.05) is 0 Å². The van der Waals surface area contributed by atoms with Crippen LogP contribution in [0.25, 0.3) is 5.57 Å². The van der Waals surface area contributed by atoms with Crippen molar-refractivity contribution in [3.8, 4) is 0 Å². The van der Waals surface area contributed by atoms with Gasteiger partial charge in [-0.2, -0.15) is 0 Å². The molecule has 0 saturated heterocycles. The molecule has 0 amide bonds. The molecule has 17 heavy (non-hydrogen) atoms. The quantitative estimate of drug-likeness (QED) is 0.713. The highest BCUT2D eigenvalue weighted by Gasteiger charge is 2.28. The number of allylic oxidation sites excluding steroid dienone is 1. The molecule has 0 saturated carbocycles. The van der Waals surface area contributed by atoms with E-state index >= 15 is 0 Å². The summed E-state index contributed by atoms with van der Waals surface area (Å²) in [5.41, 5.74) is 13.9. The van der Waals surface area contributed by atoms with Gasteiger partial charge in [0.25, 0.3) is 0 Å². The van der Waals surface area contributed by atoms with Crippen LogP contribution in [0.5, 0.6) is 0 Å². The van der Waals surface area contributed by atoms with Gasteiger partial charge in [-0.15, -0.1) is 0 Å². The number of rotatable bonds is 2. The summed E-state index contributed by atoms with van der Waals surface area (Å²) in [4.78, 5) is 4.26. The number of guanidine groups is 1. The lowest BCUT2D eigenvalue weighted by molar-refractivity contribution is 0.579. The van der Waals surface area contributed by atoms with E-state index in [1.165, 1.54) is 0 Å². The lowest BCUT2D eigenvalue weighted by atomic mass is 9.92. The highest BCUT2D eigenvalue weighted by atomic mass is 15.2. The Bertz CT molecular complexity index is 516. The Morgan fingerprint density at radius 1 is 1.41 bits per heavy atom. The van der Waals surface area contributed by atoms with Crippen molar-refractivity contribution in [1.82, 2.24) is 5.32 Å². The largest absolute Gasteiger partial charge is 0.370 e. The van der Waals surface area contributed by atoms with Crippen LogP contribution in [-0.2, 0) is 5.66 Å². The first-order valence-corrected chi connectivity index (χ1v) is 5.37. The SMILES string of the molecule is C=C(C)c1ccccc1C1(N)C=CNC(N)=N1. The van der Waals surface area contributed by atoms with E-state index in [0.717, 1.165) is 16.7 Å². The van der Waals surface area contributed by atoms with Crippen molar-refractivity contribution in [2.45, 2.75) is 12.6 Å². The van der Waals surface area contributed by atoms with Gasteiger partial charge < -0.3 is 11.1 Å². The maximum atomic E-state index is 6.27. The Hall–Kier alpha value is -2.07. The van der Waals surface area contributed by atoms with Gasteiger partial charge in [0.2, 0.25) is 0 Å². The molecule has 4 nitrogen and oxygen atoms in total. The molecule has 5 N–H and O–H groups in total. The van der Waals surface area contributed by atoms with E-state index < -0.39 is 5.66 Å². The van der Waals surface area contributed by atoms with E-state index in [-0.39, 0.29) is 0 Å². The molecule has 0 fully saturated rings. The molecule has 0 bridgehead atoms. The fourth-order valence-corrected chi connectivity index (χ4v) is 1.88. The van der Waals surface area contributed by atoms with Crippen LogP contribution in [0.1, 0.15) is 18.1 Å². The number of hydrogen-bond donors (Lipinski definition) is 3. The fraction of sp³-hybridized carbons (Fsp3) is 0.154. The molecule has 1 aromatic rings. The minimum atomic E-state index is -0.926. The third kappa shape index (κ3) is 2.07. The Kier molecular flexibility index (Phi) is 2.73. The standard InChI is InChI=1S/C13H16N4/c1-9(2)10-5-3-4-6-11(10)13(15)7-8-16-12(14)17-13/h3-8H,1,15H2,2H3,(H3,14,16,17). The van der Waals surface area contributed by atoms with Gasteiger partial charge >= 0.3 is 0 Å². The monoisotopic (exact) mass is 228 g/mol. The lowest BCUT2D eigenvalue weighted by Crippen LogP contribution is -2.42. The van der Waals surface area contributed by atoms with Crippen molar-refractivity contribution in [3.63, 3.8) is 0 Å². The van der Waals surface area contributed by atoms with Crippen LogP contribution >= 0.6 is 0 Å². The number of nitrogens with two attached hydrogens (primary N) is 2. The zero-order valence-corrected chi connectivity index (χ0v) is 9.77. The van der Waals surface area contributed by atoms with Crippen LogP contribution in [0.3, 0.4) is 0 Å². The molecule has 1 atom stereocenters. The van der Waals surface area contributed by atoms with Gasteiger partial charge in [-0.1, -0.05) is 36.4 Å². The molecule has 2 rings (SSSR count). The van der Waals surface area contributed by atoms with E-state index in [0.29, 0.717) is 5.96 Å². The molecule has 1 unspecified atom stereocenters. The molecule has 1 heterocycles. The smallest absolute Gasteiger partial charge is 0.195 e. The summed E-state index contributed by atoms with van der Waals surface area (Å²) in [5, 5.41) is 2.80. The van der Waals surface area contributed by atoms with Crippen LogP contribution < -0.4 is 16.8 Å². The minimum absolute atomic E-state index is 0.312. The molecule has 0 spiro atoms.